The van der Waals surface area contributed by atoms with Crippen molar-refractivity contribution < 1.29 is 24.1 Å². The summed E-state index contributed by atoms with van der Waals surface area (Å²) in [6.45, 7) is 0.718. The maximum absolute atomic E-state index is 12.9. The zero-order valence-corrected chi connectivity index (χ0v) is 22.6. The van der Waals surface area contributed by atoms with E-state index in [2.05, 4.69) is 8.75 Å². The fourth-order valence-electron chi connectivity index (χ4n) is 4.94. The van der Waals surface area contributed by atoms with E-state index in [4.69, 9.17) is 14.2 Å². The molecule has 0 bridgehead atoms. The predicted octanol–water partition coefficient (Wildman–Crippen LogP) is 6.66. The molecule has 0 aliphatic rings. The highest BCUT2D eigenvalue weighted by Crippen LogP contribution is 2.40. The van der Waals surface area contributed by atoms with Gasteiger partial charge in [-0.3, -0.25) is 0 Å². The van der Waals surface area contributed by atoms with Crippen LogP contribution in [0.15, 0.2) is 84.9 Å². The largest absolute Gasteiger partial charge is 0.493 e. The summed E-state index contributed by atoms with van der Waals surface area (Å²) in [5.74, 6) is 0.685. The van der Waals surface area contributed by atoms with Crippen LogP contribution in [0.5, 0.6) is 17.2 Å². The van der Waals surface area contributed by atoms with Crippen LogP contribution in [0.2, 0.25) is 0 Å². The number of fused-ring (bicyclic) bond motifs is 2. The molecule has 6 aromatic rings. The molecule has 0 aliphatic carbocycles. The van der Waals surface area contributed by atoms with Gasteiger partial charge < -0.3 is 23.9 Å². The number of carboxylic acid groups (broad SMARTS) is 1. The minimum Gasteiger partial charge on any atom is -0.493 e. The molecule has 6 rings (SSSR count). The second kappa shape index (κ2) is 10.7. The Morgan fingerprint density at radius 3 is 2.42 bits per heavy atom. The van der Waals surface area contributed by atoms with Gasteiger partial charge in [0.2, 0.25) is 0 Å². The van der Waals surface area contributed by atoms with E-state index in [0.29, 0.717) is 41.5 Å². The number of hydrogen-bond acceptors (Lipinski definition) is 7. The van der Waals surface area contributed by atoms with Gasteiger partial charge in [-0.05, 0) is 53.1 Å². The fourth-order valence-corrected chi connectivity index (χ4v) is 5.46. The Labute approximate surface area is 234 Å². The highest BCUT2D eigenvalue weighted by atomic mass is 32.1. The minimum absolute atomic E-state index is 0.166. The lowest BCUT2D eigenvalue weighted by Crippen LogP contribution is -2.10. The molecular weight excluding hydrogens is 526 g/mol. The van der Waals surface area contributed by atoms with Crippen molar-refractivity contribution in [2.75, 3.05) is 14.2 Å². The number of methoxy groups -OCH3 is 2. The summed E-state index contributed by atoms with van der Waals surface area (Å²) in [7, 11) is 3.13. The van der Waals surface area contributed by atoms with E-state index in [0.717, 1.165) is 44.8 Å². The first kappa shape index (κ1) is 25.4. The SMILES string of the molecule is COc1ccc(-c2c(C(=O)O)n(Cc3ccc4nsnc4c3)c3cc(OCc4ccccc4)ccc23)cc1OC. The van der Waals surface area contributed by atoms with E-state index < -0.39 is 5.97 Å². The molecule has 0 aliphatic heterocycles. The molecule has 0 spiro atoms. The number of aromatic carboxylic acids is 1. The first-order valence-electron chi connectivity index (χ1n) is 12.6. The van der Waals surface area contributed by atoms with Gasteiger partial charge in [0, 0.05) is 23.6 Å². The summed E-state index contributed by atoms with van der Waals surface area (Å²) >= 11 is 1.15. The lowest BCUT2D eigenvalue weighted by Gasteiger charge is -2.12. The van der Waals surface area contributed by atoms with Crippen molar-refractivity contribution in [1.29, 1.82) is 0 Å². The van der Waals surface area contributed by atoms with E-state index >= 15 is 0 Å². The van der Waals surface area contributed by atoms with Gasteiger partial charge in [-0.2, -0.15) is 8.75 Å². The van der Waals surface area contributed by atoms with Crippen LogP contribution < -0.4 is 14.2 Å². The van der Waals surface area contributed by atoms with Crippen molar-refractivity contribution in [1.82, 2.24) is 13.3 Å². The number of nitrogens with zero attached hydrogens (tertiary/aromatic N) is 3. The summed E-state index contributed by atoms with van der Waals surface area (Å²) in [4.78, 5) is 12.9. The van der Waals surface area contributed by atoms with E-state index in [1.807, 2.05) is 77.4 Å². The Morgan fingerprint density at radius 1 is 0.850 bits per heavy atom. The maximum Gasteiger partial charge on any atom is 0.353 e. The molecule has 0 saturated heterocycles. The third-order valence-corrected chi connectivity index (χ3v) is 7.37. The van der Waals surface area contributed by atoms with Crippen LogP contribution in [0.25, 0.3) is 33.1 Å². The number of rotatable bonds is 9. The predicted molar refractivity (Wildman–Crippen MR) is 155 cm³/mol. The van der Waals surface area contributed by atoms with Crippen LogP contribution in [0.1, 0.15) is 21.6 Å². The zero-order valence-electron chi connectivity index (χ0n) is 21.8. The van der Waals surface area contributed by atoms with Gasteiger partial charge in [-0.25, -0.2) is 4.79 Å². The number of benzene rings is 4. The molecule has 0 fully saturated rings. The molecule has 9 heteroatoms. The summed E-state index contributed by atoms with van der Waals surface area (Å²) in [6, 6.07) is 26.8. The molecule has 0 amide bonds. The Hall–Kier alpha value is -4.89. The Kier molecular flexibility index (Phi) is 6.79. The monoisotopic (exact) mass is 551 g/mol. The Balaban J connectivity index is 1.52. The van der Waals surface area contributed by atoms with Crippen LogP contribution in [0.3, 0.4) is 0 Å². The normalized spacial score (nSPS) is 11.2. The molecule has 0 atom stereocenters. The molecular formula is C31H25N3O5S. The van der Waals surface area contributed by atoms with Crippen molar-refractivity contribution in [2.24, 2.45) is 0 Å². The van der Waals surface area contributed by atoms with Crippen molar-refractivity contribution >= 4 is 39.6 Å². The number of carbonyl (C=O) groups is 1. The molecule has 0 saturated carbocycles. The quantitative estimate of drug-likeness (QED) is 0.215. The van der Waals surface area contributed by atoms with Gasteiger partial charge >= 0.3 is 5.97 Å². The number of aromatic nitrogens is 3. The fraction of sp³-hybridized carbons (Fsp3) is 0.129. The summed E-state index contributed by atoms with van der Waals surface area (Å²) in [5.41, 5.74) is 5.75. The van der Waals surface area contributed by atoms with Gasteiger partial charge in [-0.15, -0.1) is 0 Å². The minimum atomic E-state index is -1.04. The second-order valence-corrected chi connectivity index (χ2v) is 9.75. The molecule has 8 nitrogen and oxygen atoms in total. The molecule has 200 valence electrons. The molecule has 40 heavy (non-hydrogen) atoms. The highest BCUT2D eigenvalue weighted by Gasteiger charge is 2.25. The lowest BCUT2D eigenvalue weighted by molar-refractivity contribution is 0.0687. The summed E-state index contributed by atoms with van der Waals surface area (Å²) < 4.78 is 27.5. The van der Waals surface area contributed by atoms with Gasteiger partial charge in [-0.1, -0.05) is 42.5 Å². The number of ether oxygens (including phenoxy) is 3. The van der Waals surface area contributed by atoms with E-state index in [-0.39, 0.29) is 5.69 Å². The van der Waals surface area contributed by atoms with Crippen molar-refractivity contribution in [2.45, 2.75) is 13.2 Å². The van der Waals surface area contributed by atoms with Gasteiger partial charge in [0.1, 0.15) is 29.1 Å². The standard InChI is InChI=1S/C31H25N3O5S/c1-37-27-13-9-21(15-28(27)38-2)29-23-11-10-22(39-18-19-6-4-3-5-7-19)16-26(23)34(30(29)31(35)36)17-20-8-12-24-25(14-20)33-40-32-24/h3-16H,17-18H2,1-2H3,(H,35,36). The van der Waals surface area contributed by atoms with Crippen LogP contribution in [0.4, 0.5) is 0 Å². The average Bonchev–Trinajstić information content (AvgIpc) is 3.58. The molecule has 2 aromatic heterocycles. The van der Waals surface area contributed by atoms with Gasteiger partial charge in [0.15, 0.2) is 11.5 Å². The van der Waals surface area contributed by atoms with Crippen LogP contribution >= 0.6 is 11.7 Å². The van der Waals surface area contributed by atoms with Crippen LogP contribution in [0, 0.1) is 0 Å². The van der Waals surface area contributed by atoms with E-state index in [1.165, 1.54) is 0 Å². The maximum atomic E-state index is 12.9. The molecule has 0 unspecified atom stereocenters. The van der Waals surface area contributed by atoms with E-state index in [9.17, 15) is 9.90 Å². The van der Waals surface area contributed by atoms with Crippen molar-refractivity contribution in [3.63, 3.8) is 0 Å². The summed E-state index contributed by atoms with van der Waals surface area (Å²) in [6.07, 6.45) is 0. The van der Waals surface area contributed by atoms with Crippen molar-refractivity contribution in [3.8, 4) is 28.4 Å². The van der Waals surface area contributed by atoms with Crippen molar-refractivity contribution in [3.05, 3.63) is 102 Å². The Bertz CT molecular complexity index is 1850. The third kappa shape index (κ3) is 4.71. The lowest BCUT2D eigenvalue weighted by atomic mass is 10.0. The van der Waals surface area contributed by atoms with Crippen LogP contribution in [-0.4, -0.2) is 38.6 Å². The number of carboxylic acids is 1. The third-order valence-electron chi connectivity index (χ3n) is 6.82. The Morgan fingerprint density at radius 2 is 1.65 bits per heavy atom. The average molecular weight is 552 g/mol. The zero-order chi connectivity index (χ0) is 27.6. The first-order valence-corrected chi connectivity index (χ1v) is 13.3. The molecule has 0 radical (unpaired) electrons. The molecule has 1 N–H and O–H groups in total. The van der Waals surface area contributed by atoms with Crippen LogP contribution in [-0.2, 0) is 13.2 Å². The topological polar surface area (TPSA) is 95.7 Å². The second-order valence-electron chi connectivity index (χ2n) is 9.23. The first-order chi connectivity index (χ1) is 19.6. The van der Waals surface area contributed by atoms with Gasteiger partial charge in [0.05, 0.1) is 31.5 Å². The van der Waals surface area contributed by atoms with E-state index in [1.54, 1.807) is 26.4 Å². The summed E-state index contributed by atoms with van der Waals surface area (Å²) in [5, 5.41) is 11.3. The van der Waals surface area contributed by atoms with Gasteiger partial charge in [0.25, 0.3) is 0 Å². The number of hydrogen-bond donors (Lipinski definition) is 1. The molecule has 2 heterocycles. The smallest absolute Gasteiger partial charge is 0.353 e. The highest BCUT2D eigenvalue weighted by molar-refractivity contribution is 7.00. The molecule has 4 aromatic carbocycles.